The van der Waals surface area contributed by atoms with E-state index in [0.29, 0.717) is 6.61 Å². The van der Waals surface area contributed by atoms with Gasteiger partial charge >= 0.3 is 0 Å². The van der Waals surface area contributed by atoms with Gasteiger partial charge in [-0.3, -0.25) is 4.99 Å². The molecule has 0 atom stereocenters. The summed E-state index contributed by atoms with van der Waals surface area (Å²) in [5.74, 6) is 0.799. The van der Waals surface area contributed by atoms with E-state index < -0.39 is 0 Å². The van der Waals surface area contributed by atoms with E-state index in [0.717, 1.165) is 19.0 Å². The van der Waals surface area contributed by atoms with E-state index in [1.54, 1.807) is 14.2 Å². The third kappa shape index (κ3) is 5.75. The van der Waals surface area contributed by atoms with Gasteiger partial charge in [-0.2, -0.15) is 0 Å². The predicted octanol–water partition coefficient (Wildman–Crippen LogP) is 3.01. The molecular formula is C19H25N3O. The highest BCUT2D eigenvalue weighted by molar-refractivity contribution is 5.79. The molecule has 23 heavy (non-hydrogen) atoms. The molecule has 2 rings (SSSR count). The summed E-state index contributed by atoms with van der Waals surface area (Å²) in [6.45, 7) is 4.24. The van der Waals surface area contributed by atoms with Crippen LogP contribution in [-0.2, 0) is 24.4 Å². The molecule has 0 aliphatic rings. The van der Waals surface area contributed by atoms with Gasteiger partial charge < -0.3 is 15.4 Å². The van der Waals surface area contributed by atoms with E-state index in [2.05, 4.69) is 71.1 Å². The van der Waals surface area contributed by atoms with Gasteiger partial charge in [0.15, 0.2) is 5.96 Å². The van der Waals surface area contributed by atoms with Crippen LogP contribution in [0.4, 0.5) is 0 Å². The molecular weight excluding hydrogens is 286 g/mol. The van der Waals surface area contributed by atoms with Crippen LogP contribution in [0.2, 0.25) is 0 Å². The Morgan fingerprint density at radius 1 is 0.957 bits per heavy atom. The monoisotopic (exact) mass is 311 g/mol. The molecule has 4 heteroatoms. The number of aryl methyl sites for hydroxylation is 1. The molecule has 4 nitrogen and oxygen atoms in total. The molecule has 0 aromatic heterocycles. The van der Waals surface area contributed by atoms with E-state index >= 15 is 0 Å². The minimum Gasteiger partial charge on any atom is -0.380 e. The number of rotatable bonds is 6. The van der Waals surface area contributed by atoms with Crippen molar-refractivity contribution in [2.45, 2.75) is 26.6 Å². The fraction of sp³-hybridized carbons (Fsp3) is 0.316. The number of nitrogens with zero attached hydrogens (tertiary/aromatic N) is 1. The van der Waals surface area contributed by atoms with E-state index in [1.807, 2.05) is 0 Å². The maximum atomic E-state index is 5.12. The Bertz CT molecular complexity index is 635. The number of benzene rings is 2. The molecule has 0 radical (unpaired) electrons. The molecule has 2 aromatic rings. The number of ether oxygens (including phenoxy) is 1. The van der Waals surface area contributed by atoms with E-state index in [9.17, 15) is 0 Å². The summed E-state index contributed by atoms with van der Waals surface area (Å²) in [5.41, 5.74) is 4.90. The summed E-state index contributed by atoms with van der Waals surface area (Å²) in [4.78, 5) is 4.26. The van der Waals surface area contributed by atoms with Crippen LogP contribution in [0.1, 0.15) is 22.3 Å². The Labute approximate surface area is 138 Å². The lowest BCUT2D eigenvalue weighted by Crippen LogP contribution is -2.36. The molecule has 0 unspecified atom stereocenters. The number of methoxy groups -OCH3 is 1. The third-order valence-corrected chi connectivity index (χ3v) is 3.56. The zero-order valence-corrected chi connectivity index (χ0v) is 14.1. The van der Waals surface area contributed by atoms with Gasteiger partial charge in [0.25, 0.3) is 0 Å². The Hall–Kier alpha value is -2.33. The molecule has 0 amide bonds. The summed E-state index contributed by atoms with van der Waals surface area (Å²) in [5, 5.41) is 6.66. The maximum absolute atomic E-state index is 5.12. The molecule has 0 saturated carbocycles. The standard InChI is InChI=1S/C19H25N3O/c1-15-5-4-6-18(11-15)13-22-19(20-2)21-12-16-7-9-17(10-8-16)14-23-3/h4-11H,12-14H2,1-3H3,(H2,20,21,22). The Morgan fingerprint density at radius 3 is 2.22 bits per heavy atom. The number of guanidine groups is 1. The van der Waals surface area contributed by atoms with Crippen LogP contribution in [-0.4, -0.2) is 20.1 Å². The Kier molecular flexibility index (Phi) is 6.63. The molecule has 0 fully saturated rings. The van der Waals surface area contributed by atoms with Gasteiger partial charge in [0.1, 0.15) is 0 Å². The average molecular weight is 311 g/mol. The van der Waals surface area contributed by atoms with Crippen molar-refractivity contribution in [3.05, 3.63) is 70.8 Å². The smallest absolute Gasteiger partial charge is 0.191 e. The quantitative estimate of drug-likeness (QED) is 0.637. The van der Waals surface area contributed by atoms with Crippen molar-refractivity contribution in [2.24, 2.45) is 4.99 Å². The van der Waals surface area contributed by atoms with E-state index in [-0.39, 0.29) is 0 Å². The van der Waals surface area contributed by atoms with Crippen LogP contribution in [0.15, 0.2) is 53.5 Å². The van der Waals surface area contributed by atoms with Crippen LogP contribution in [0.25, 0.3) is 0 Å². The van der Waals surface area contributed by atoms with Crippen molar-refractivity contribution in [1.82, 2.24) is 10.6 Å². The predicted molar refractivity (Wildman–Crippen MR) is 95.4 cm³/mol. The van der Waals surface area contributed by atoms with Gasteiger partial charge in [-0.25, -0.2) is 0 Å². The van der Waals surface area contributed by atoms with Crippen molar-refractivity contribution < 1.29 is 4.74 Å². The first-order chi connectivity index (χ1) is 11.2. The normalized spacial score (nSPS) is 11.3. The largest absolute Gasteiger partial charge is 0.380 e. The van der Waals surface area contributed by atoms with Gasteiger partial charge in [0.2, 0.25) is 0 Å². The van der Waals surface area contributed by atoms with Crippen LogP contribution < -0.4 is 10.6 Å². The molecule has 2 N–H and O–H groups in total. The summed E-state index contributed by atoms with van der Waals surface area (Å²) in [6, 6.07) is 16.8. The second-order valence-corrected chi connectivity index (χ2v) is 5.52. The first kappa shape index (κ1) is 17.0. The van der Waals surface area contributed by atoms with Gasteiger partial charge in [-0.05, 0) is 23.6 Å². The molecule has 0 saturated heterocycles. The highest BCUT2D eigenvalue weighted by Crippen LogP contribution is 2.05. The summed E-state index contributed by atoms with van der Waals surface area (Å²) in [7, 11) is 3.49. The lowest BCUT2D eigenvalue weighted by atomic mass is 10.1. The number of hydrogen-bond acceptors (Lipinski definition) is 2. The first-order valence-electron chi connectivity index (χ1n) is 7.78. The van der Waals surface area contributed by atoms with Crippen LogP contribution in [0.3, 0.4) is 0 Å². The minimum atomic E-state index is 0.646. The van der Waals surface area contributed by atoms with Gasteiger partial charge in [-0.1, -0.05) is 54.1 Å². The van der Waals surface area contributed by atoms with Crippen LogP contribution >= 0.6 is 0 Å². The van der Waals surface area contributed by atoms with E-state index in [1.165, 1.54) is 22.3 Å². The molecule has 0 aliphatic carbocycles. The zero-order chi connectivity index (χ0) is 16.5. The van der Waals surface area contributed by atoms with Crippen molar-refractivity contribution in [3.63, 3.8) is 0 Å². The lowest BCUT2D eigenvalue weighted by molar-refractivity contribution is 0.185. The van der Waals surface area contributed by atoms with Gasteiger partial charge in [-0.15, -0.1) is 0 Å². The molecule has 0 spiro atoms. The fourth-order valence-electron chi connectivity index (χ4n) is 2.33. The van der Waals surface area contributed by atoms with Crippen molar-refractivity contribution >= 4 is 5.96 Å². The highest BCUT2D eigenvalue weighted by atomic mass is 16.5. The maximum Gasteiger partial charge on any atom is 0.191 e. The van der Waals surface area contributed by atoms with Gasteiger partial charge in [0, 0.05) is 27.2 Å². The first-order valence-corrected chi connectivity index (χ1v) is 7.78. The number of hydrogen-bond donors (Lipinski definition) is 2. The fourth-order valence-corrected chi connectivity index (χ4v) is 2.33. The second kappa shape index (κ2) is 8.96. The topological polar surface area (TPSA) is 45.7 Å². The molecule has 0 heterocycles. The minimum absolute atomic E-state index is 0.646. The summed E-state index contributed by atoms with van der Waals surface area (Å²) < 4.78 is 5.12. The number of aliphatic imine (C=N–C) groups is 1. The Morgan fingerprint density at radius 2 is 1.61 bits per heavy atom. The van der Waals surface area contributed by atoms with Crippen molar-refractivity contribution in [3.8, 4) is 0 Å². The van der Waals surface area contributed by atoms with E-state index in [4.69, 9.17) is 4.74 Å². The lowest BCUT2D eigenvalue weighted by Gasteiger charge is -2.12. The summed E-state index contributed by atoms with van der Waals surface area (Å²) in [6.07, 6.45) is 0. The second-order valence-electron chi connectivity index (χ2n) is 5.52. The highest BCUT2D eigenvalue weighted by Gasteiger charge is 2.00. The van der Waals surface area contributed by atoms with Crippen LogP contribution in [0.5, 0.6) is 0 Å². The molecule has 0 aliphatic heterocycles. The average Bonchev–Trinajstić information content (AvgIpc) is 2.57. The number of nitrogens with one attached hydrogen (secondary N) is 2. The molecule has 0 bridgehead atoms. The van der Waals surface area contributed by atoms with Gasteiger partial charge in [0.05, 0.1) is 6.61 Å². The zero-order valence-electron chi connectivity index (χ0n) is 14.1. The summed E-state index contributed by atoms with van der Waals surface area (Å²) >= 11 is 0. The SMILES string of the molecule is CN=C(NCc1ccc(COC)cc1)NCc1cccc(C)c1. The Balaban J connectivity index is 1.83. The van der Waals surface area contributed by atoms with Crippen molar-refractivity contribution in [1.29, 1.82) is 0 Å². The molecule has 122 valence electrons. The molecule has 2 aromatic carbocycles. The van der Waals surface area contributed by atoms with Crippen LogP contribution in [0, 0.1) is 6.92 Å². The van der Waals surface area contributed by atoms with Crippen molar-refractivity contribution in [2.75, 3.05) is 14.2 Å². The third-order valence-electron chi connectivity index (χ3n) is 3.56.